The SMILES string of the molecule is CC(C)CC(C(=O)OC(C)C(=O)NC(=O)NC1CCCCC1)N1C(=O)C2CC=CCC2C1=O. The second kappa shape index (κ2) is 10.9. The number of esters is 1. The van der Waals surface area contributed by atoms with Crippen molar-refractivity contribution in [2.24, 2.45) is 17.8 Å². The van der Waals surface area contributed by atoms with Crippen LogP contribution in [0.2, 0.25) is 0 Å². The zero-order valence-electron chi connectivity index (χ0n) is 19.7. The Morgan fingerprint density at radius 3 is 2.12 bits per heavy atom. The Kier molecular flexibility index (Phi) is 8.26. The van der Waals surface area contributed by atoms with Crippen LogP contribution in [-0.2, 0) is 23.9 Å². The molecule has 1 saturated heterocycles. The van der Waals surface area contributed by atoms with Gasteiger partial charge in [-0.2, -0.15) is 0 Å². The lowest BCUT2D eigenvalue weighted by Gasteiger charge is -2.27. The Balaban J connectivity index is 1.61. The molecule has 2 fully saturated rings. The smallest absolute Gasteiger partial charge is 0.330 e. The number of carbonyl (C=O) groups is 5. The number of rotatable bonds is 7. The number of allylic oxidation sites excluding steroid dienone is 2. The van der Waals surface area contributed by atoms with E-state index in [1.165, 1.54) is 6.92 Å². The second-order valence-electron chi connectivity index (χ2n) is 9.72. The molecule has 0 spiro atoms. The fourth-order valence-electron chi connectivity index (χ4n) is 4.87. The molecule has 2 N–H and O–H groups in total. The molecule has 4 atom stereocenters. The zero-order valence-corrected chi connectivity index (χ0v) is 19.7. The van der Waals surface area contributed by atoms with Crippen molar-refractivity contribution in [1.82, 2.24) is 15.5 Å². The van der Waals surface area contributed by atoms with E-state index in [0.29, 0.717) is 12.8 Å². The van der Waals surface area contributed by atoms with E-state index < -0.39 is 41.9 Å². The Labute approximate surface area is 194 Å². The van der Waals surface area contributed by atoms with Crippen LogP contribution in [0.5, 0.6) is 0 Å². The third kappa shape index (κ3) is 6.00. The summed E-state index contributed by atoms with van der Waals surface area (Å²) >= 11 is 0. The number of urea groups is 1. The van der Waals surface area contributed by atoms with Gasteiger partial charge < -0.3 is 10.1 Å². The third-order valence-corrected chi connectivity index (χ3v) is 6.66. The molecule has 3 aliphatic rings. The van der Waals surface area contributed by atoms with Crippen LogP contribution in [0.4, 0.5) is 4.79 Å². The molecule has 1 saturated carbocycles. The van der Waals surface area contributed by atoms with Crippen LogP contribution in [0.15, 0.2) is 12.2 Å². The molecule has 0 bridgehead atoms. The molecule has 3 rings (SSSR count). The fraction of sp³-hybridized carbons (Fsp3) is 0.708. The van der Waals surface area contributed by atoms with Gasteiger partial charge >= 0.3 is 12.0 Å². The van der Waals surface area contributed by atoms with Crippen molar-refractivity contribution in [2.45, 2.75) is 90.3 Å². The van der Waals surface area contributed by atoms with Gasteiger partial charge in [-0.25, -0.2) is 9.59 Å². The van der Waals surface area contributed by atoms with Crippen LogP contribution in [-0.4, -0.2) is 52.8 Å². The number of carbonyl (C=O) groups excluding carboxylic acids is 5. The van der Waals surface area contributed by atoms with Gasteiger partial charge in [0.15, 0.2) is 6.10 Å². The third-order valence-electron chi connectivity index (χ3n) is 6.66. The average Bonchev–Trinajstić information content (AvgIpc) is 3.02. The first-order valence-corrected chi connectivity index (χ1v) is 12.0. The van der Waals surface area contributed by atoms with Crippen molar-refractivity contribution >= 4 is 29.7 Å². The fourth-order valence-corrected chi connectivity index (χ4v) is 4.87. The van der Waals surface area contributed by atoms with Crippen molar-refractivity contribution in [1.29, 1.82) is 0 Å². The van der Waals surface area contributed by atoms with Gasteiger partial charge in [-0.1, -0.05) is 45.3 Å². The number of nitrogens with zero attached hydrogens (tertiary/aromatic N) is 1. The summed E-state index contributed by atoms with van der Waals surface area (Å²) in [7, 11) is 0. The Morgan fingerprint density at radius 2 is 1.58 bits per heavy atom. The highest BCUT2D eigenvalue weighted by Crippen LogP contribution is 2.37. The summed E-state index contributed by atoms with van der Waals surface area (Å²) in [5.41, 5.74) is 0. The summed E-state index contributed by atoms with van der Waals surface area (Å²) < 4.78 is 5.34. The number of likely N-dealkylation sites (tertiary alicyclic amines) is 1. The van der Waals surface area contributed by atoms with Crippen LogP contribution in [0, 0.1) is 17.8 Å². The Bertz CT molecular complexity index is 791. The molecule has 1 heterocycles. The van der Waals surface area contributed by atoms with Gasteiger partial charge in [0.2, 0.25) is 11.8 Å². The van der Waals surface area contributed by atoms with Gasteiger partial charge in [0.25, 0.3) is 5.91 Å². The maximum absolute atomic E-state index is 13.0. The predicted octanol–water partition coefficient (Wildman–Crippen LogP) is 2.44. The molecular formula is C24H35N3O6. The monoisotopic (exact) mass is 461 g/mol. The van der Waals surface area contributed by atoms with E-state index in [1.807, 2.05) is 26.0 Å². The van der Waals surface area contributed by atoms with Gasteiger partial charge in [0.05, 0.1) is 11.8 Å². The lowest BCUT2D eigenvalue weighted by molar-refractivity contribution is -0.165. The van der Waals surface area contributed by atoms with Crippen LogP contribution in [0.25, 0.3) is 0 Å². The summed E-state index contributed by atoms with van der Waals surface area (Å²) in [5.74, 6) is -3.18. The summed E-state index contributed by atoms with van der Waals surface area (Å²) in [6.07, 6.45) is 8.67. The molecule has 4 unspecified atom stereocenters. The van der Waals surface area contributed by atoms with E-state index in [1.54, 1.807) is 0 Å². The highest BCUT2D eigenvalue weighted by Gasteiger charge is 2.51. The standard InChI is InChI=1S/C24H35N3O6/c1-14(2)13-19(27-21(29)17-11-7-8-12-18(17)22(27)30)23(31)33-15(3)20(28)26-24(32)25-16-9-5-4-6-10-16/h7-8,14-19H,4-6,9-13H2,1-3H3,(H2,25,26,28,32). The number of fused-ring (bicyclic) bond motifs is 1. The summed E-state index contributed by atoms with van der Waals surface area (Å²) in [6.45, 7) is 5.13. The number of amides is 5. The maximum Gasteiger partial charge on any atom is 0.330 e. The molecule has 0 radical (unpaired) electrons. The summed E-state index contributed by atoms with van der Waals surface area (Å²) in [4.78, 5) is 64.6. The maximum atomic E-state index is 13.0. The van der Waals surface area contributed by atoms with Crippen molar-refractivity contribution in [3.63, 3.8) is 0 Å². The molecule has 9 heteroatoms. The van der Waals surface area contributed by atoms with Gasteiger partial charge in [-0.3, -0.25) is 24.6 Å². The zero-order chi connectivity index (χ0) is 24.1. The van der Waals surface area contributed by atoms with Crippen LogP contribution in [0.1, 0.15) is 72.1 Å². The Hall–Kier alpha value is -2.71. The predicted molar refractivity (Wildman–Crippen MR) is 120 cm³/mol. The molecule has 5 amide bonds. The molecule has 9 nitrogen and oxygen atoms in total. The van der Waals surface area contributed by atoms with Crippen molar-refractivity contribution in [3.05, 3.63) is 12.2 Å². The molecule has 0 aromatic carbocycles. The van der Waals surface area contributed by atoms with Gasteiger partial charge in [0, 0.05) is 6.04 Å². The molecule has 1 aliphatic heterocycles. The number of ether oxygens (including phenoxy) is 1. The van der Waals surface area contributed by atoms with Gasteiger partial charge in [0.1, 0.15) is 6.04 Å². The normalized spacial score (nSPS) is 24.9. The largest absolute Gasteiger partial charge is 0.451 e. The van der Waals surface area contributed by atoms with E-state index in [0.717, 1.165) is 37.0 Å². The van der Waals surface area contributed by atoms with Crippen LogP contribution in [0.3, 0.4) is 0 Å². The first kappa shape index (κ1) is 24.9. The number of hydrogen-bond acceptors (Lipinski definition) is 6. The lowest BCUT2D eigenvalue weighted by Crippen LogP contribution is -2.51. The first-order valence-electron chi connectivity index (χ1n) is 12.0. The Morgan fingerprint density at radius 1 is 1.00 bits per heavy atom. The number of imide groups is 2. The van der Waals surface area contributed by atoms with Crippen molar-refractivity contribution < 1.29 is 28.7 Å². The molecular weight excluding hydrogens is 426 g/mol. The molecule has 33 heavy (non-hydrogen) atoms. The van der Waals surface area contributed by atoms with Crippen LogP contribution >= 0.6 is 0 Å². The highest BCUT2D eigenvalue weighted by molar-refractivity contribution is 6.08. The molecule has 0 aromatic rings. The van der Waals surface area contributed by atoms with Gasteiger partial charge in [-0.15, -0.1) is 0 Å². The molecule has 2 aliphatic carbocycles. The van der Waals surface area contributed by atoms with E-state index in [-0.39, 0.29) is 30.2 Å². The minimum Gasteiger partial charge on any atom is -0.451 e. The minimum atomic E-state index is -1.25. The van der Waals surface area contributed by atoms with E-state index >= 15 is 0 Å². The van der Waals surface area contributed by atoms with E-state index in [2.05, 4.69) is 10.6 Å². The second-order valence-corrected chi connectivity index (χ2v) is 9.72. The average molecular weight is 462 g/mol. The molecule has 182 valence electrons. The van der Waals surface area contributed by atoms with Crippen molar-refractivity contribution in [3.8, 4) is 0 Å². The van der Waals surface area contributed by atoms with E-state index in [4.69, 9.17) is 4.74 Å². The number of nitrogens with one attached hydrogen (secondary N) is 2. The minimum absolute atomic E-state index is 0.00862. The topological polar surface area (TPSA) is 122 Å². The quantitative estimate of drug-likeness (QED) is 0.341. The first-order chi connectivity index (χ1) is 15.7. The number of hydrogen-bond donors (Lipinski definition) is 2. The highest BCUT2D eigenvalue weighted by atomic mass is 16.5. The summed E-state index contributed by atoms with van der Waals surface area (Å²) in [5, 5.41) is 4.99. The lowest BCUT2D eigenvalue weighted by atomic mass is 9.85. The molecule has 0 aromatic heterocycles. The summed E-state index contributed by atoms with van der Waals surface area (Å²) in [6, 6.07) is -1.68. The van der Waals surface area contributed by atoms with Crippen molar-refractivity contribution in [2.75, 3.05) is 0 Å². The van der Waals surface area contributed by atoms with Gasteiger partial charge in [-0.05, 0) is 44.9 Å². The van der Waals surface area contributed by atoms with E-state index in [9.17, 15) is 24.0 Å². The van der Waals surface area contributed by atoms with Crippen LogP contribution < -0.4 is 10.6 Å².